The number of nitrogens with zero attached hydrogens (tertiary/aromatic N) is 2. The molecule has 0 saturated carbocycles. The van der Waals surface area contributed by atoms with Crippen LogP contribution in [0.15, 0.2) is 83.8 Å². The minimum atomic E-state index is -4.16. The van der Waals surface area contributed by atoms with Gasteiger partial charge in [-0.25, -0.2) is 21.6 Å². The van der Waals surface area contributed by atoms with Crippen molar-refractivity contribution < 1.29 is 26.3 Å². The smallest absolute Gasteiger partial charge is 0.280 e. The highest BCUT2D eigenvalue weighted by atomic mass is 32.2. The fourth-order valence-electron chi connectivity index (χ4n) is 3.54. The highest BCUT2D eigenvalue weighted by Crippen LogP contribution is 2.39. The summed E-state index contributed by atoms with van der Waals surface area (Å²) in [4.78, 5) is -0.0712. The van der Waals surface area contributed by atoms with Gasteiger partial charge in [-0.3, -0.25) is 9.40 Å². The molecule has 1 aromatic heterocycles. The Morgan fingerprint density at radius 1 is 1.00 bits per heavy atom. The fourth-order valence-corrected chi connectivity index (χ4v) is 4.57. The van der Waals surface area contributed by atoms with E-state index in [1.807, 2.05) is 0 Å². The SMILES string of the molecule is COc1ccc(-c2c(NS(=O)(=O)c3ccccc3)nn(Cc3ccccc3)c2C(F)F)cc1F. The number of hydrogen-bond acceptors (Lipinski definition) is 4. The maximum absolute atomic E-state index is 14.5. The lowest BCUT2D eigenvalue weighted by Gasteiger charge is -2.11. The molecule has 0 aliphatic carbocycles. The molecule has 0 spiro atoms. The first-order valence-corrected chi connectivity index (χ1v) is 11.6. The quantitative estimate of drug-likeness (QED) is 0.357. The minimum absolute atomic E-state index is 0.0265. The van der Waals surface area contributed by atoms with Crippen LogP contribution in [-0.2, 0) is 16.6 Å². The van der Waals surface area contributed by atoms with Crippen molar-refractivity contribution in [1.29, 1.82) is 0 Å². The third-order valence-corrected chi connectivity index (χ3v) is 6.45. The molecule has 0 aliphatic rings. The summed E-state index contributed by atoms with van der Waals surface area (Å²) < 4.78 is 77.3. The number of alkyl halides is 2. The number of aromatic nitrogens is 2. The second-order valence-corrected chi connectivity index (χ2v) is 9.00. The van der Waals surface area contributed by atoms with Gasteiger partial charge in [0.1, 0.15) is 5.69 Å². The Morgan fingerprint density at radius 2 is 1.65 bits per heavy atom. The summed E-state index contributed by atoms with van der Waals surface area (Å²) in [5.74, 6) is -1.20. The number of nitrogens with one attached hydrogen (secondary N) is 1. The van der Waals surface area contributed by atoms with E-state index in [1.165, 1.54) is 43.5 Å². The van der Waals surface area contributed by atoms with Crippen molar-refractivity contribution in [2.75, 3.05) is 11.8 Å². The van der Waals surface area contributed by atoms with Crippen molar-refractivity contribution in [3.05, 3.63) is 95.9 Å². The van der Waals surface area contributed by atoms with Gasteiger partial charge >= 0.3 is 0 Å². The van der Waals surface area contributed by atoms with Crippen LogP contribution in [0.1, 0.15) is 17.7 Å². The number of ether oxygens (including phenoxy) is 1. The maximum Gasteiger partial charge on any atom is 0.280 e. The summed E-state index contributed by atoms with van der Waals surface area (Å²) in [6.07, 6.45) is -3.02. The Balaban J connectivity index is 1.90. The molecular weight excluding hydrogens is 467 g/mol. The number of sulfonamides is 1. The molecule has 4 rings (SSSR count). The first-order chi connectivity index (χ1) is 16.3. The van der Waals surface area contributed by atoms with Crippen molar-refractivity contribution in [3.8, 4) is 16.9 Å². The molecule has 1 heterocycles. The van der Waals surface area contributed by atoms with E-state index < -0.39 is 28.0 Å². The summed E-state index contributed by atoms with van der Waals surface area (Å²) in [7, 11) is -2.88. The zero-order chi connectivity index (χ0) is 24.3. The summed E-state index contributed by atoms with van der Waals surface area (Å²) in [6, 6.07) is 19.9. The Bertz CT molecular complexity index is 1390. The Kier molecular flexibility index (Phi) is 6.60. The van der Waals surface area contributed by atoms with Crippen LogP contribution in [-0.4, -0.2) is 25.3 Å². The van der Waals surface area contributed by atoms with E-state index in [9.17, 15) is 21.6 Å². The molecule has 0 fully saturated rings. The zero-order valence-corrected chi connectivity index (χ0v) is 18.8. The minimum Gasteiger partial charge on any atom is -0.494 e. The van der Waals surface area contributed by atoms with E-state index in [-0.39, 0.29) is 34.1 Å². The van der Waals surface area contributed by atoms with Gasteiger partial charge in [-0.05, 0) is 35.4 Å². The van der Waals surface area contributed by atoms with Gasteiger partial charge in [0, 0.05) is 0 Å². The third kappa shape index (κ3) is 4.76. The molecule has 0 saturated heterocycles. The average molecular weight is 488 g/mol. The van der Waals surface area contributed by atoms with Crippen LogP contribution in [0.3, 0.4) is 0 Å². The topological polar surface area (TPSA) is 73.2 Å². The summed E-state index contributed by atoms with van der Waals surface area (Å²) in [5, 5.41) is 4.18. The predicted octanol–water partition coefficient (Wildman–Crippen LogP) is 5.48. The van der Waals surface area contributed by atoms with Gasteiger partial charge in [-0.2, -0.15) is 5.10 Å². The molecule has 0 bridgehead atoms. The molecule has 0 aliphatic heterocycles. The number of anilines is 1. The molecule has 10 heteroatoms. The first-order valence-electron chi connectivity index (χ1n) is 10.1. The van der Waals surface area contributed by atoms with E-state index in [4.69, 9.17) is 4.74 Å². The largest absolute Gasteiger partial charge is 0.494 e. The van der Waals surface area contributed by atoms with Gasteiger partial charge in [-0.15, -0.1) is 0 Å². The molecule has 4 aromatic rings. The van der Waals surface area contributed by atoms with E-state index in [1.54, 1.807) is 36.4 Å². The van der Waals surface area contributed by atoms with E-state index in [0.29, 0.717) is 5.56 Å². The zero-order valence-electron chi connectivity index (χ0n) is 18.0. The van der Waals surface area contributed by atoms with Gasteiger partial charge in [0.15, 0.2) is 17.4 Å². The summed E-state index contributed by atoms with van der Waals surface area (Å²) in [5.41, 5.74) is -0.0540. The van der Waals surface area contributed by atoms with Crippen LogP contribution in [0.5, 0.6) is 5.75 Å². The summed E-state index contributed by atoms with van der Waals surface area (Å²) in [6.45, 7) is -0.0424. The Morgan fingerprint density at radius 3 is 2.24 bits per heavy atom. The lowest BCUT2D eigenvalue weighted by molar-refractivity contribution is 0.140. The van der Waals surface area contributed by atoms with Gasteiger partial charge in [-0.1, -0.05) is 54.6 Å². The lowest BCUT2D eigenvalue weighted by atomic mass is 10.0. The lowest BCUT2D eigenvalue weighted by Crippen LogP contribution is -2.14. The molecular formula is C24H20F3N3O3S. The molecule has 1 N–H and O–H groups in total. The van der Waals surface area contributed by atoms with E-state index in [2.05, 4.69) is 9.82 Å². The van der Waals surface area contributed by atoms with Gasteiger partial charge < -0.3 is 4.74 Å². The fraction of sp³-hybridized carbons (Fsp3) is 0.125. The number of rotatable bonds is 8. The van der Waals surface area contributed by atoms with Gasteiger partial charge in [0.25, 0.3) is 16.4 Å². The van der Waals surface area contributed by atoms with Gasteiger partial charge in [0.2, 0.25) is 0 Å². The van der Waals surface area contributed by atoms with Crippen molar-refractivity contribution in [3.63, 3.8) is 0 Å². The molecule has 3 aromatic carbocycles. The van der Waals surface area contributed by atoms with Crippen LogP contribution >= 0.6 is 0 Å². The molecule has 0 radical (unpaired) electrons. The second-order valence-electron chi connectivity index (χ2n) is 7.32. The molecule has 0 amide bonds. The Hall–Kier alpha value is -3.79. The monoisotopic (exact) mass is 487 g/mol. The first kappa shape index (κ1) is 23.4. The second kappa shape index (κ2) is 9.60. The van der Waals surface area contributed by atoms with Crippen LogP contribution in [0, 0.1) is 5.82 Å². The van der Waals surface area contributed by atoms with Crippen molar-refractivity contribution in [1.82, 2.24) is 9.78 Å². The molecule has 34 heavy (non-hydrogen) atoms. The Labute approximate surface area is 194 Å². The van der Waals surface area contributed by atoms with Crippen LogP contribution in [0.4, 0.5) is 19.0 Å². The standard InChI is InChI=1S/C24H20F3N3O3S/c1-33-20-13-12-17(14-19(20)25)21-22(23(26)27)30(15-16-8-4-2-5-9-16)28-24(21)29-34(31,32)18-10-6-3-7-11-18/h2-14,23H,15H2,1H3,(H,28,29). The molecule has 6 nitrogen and oxygen atoms in total. The highest BCUT2D eigenvalue weighted by Gasteiger charge is 2.29. The van der Waals surface area contributed by atoms with Crippen molar-refractivity contribution in [2.24, 2.45) is 0 Å². The van der Waals surface area contributed by atoms with Crippen molar-refractivity contribution in [2.45, 2.75) is 17.9 Å². The number of methoxy groups -OCH3 is 1. The molecule has 0 atom stereocenters. The maximum atomic E-state index is 14.5. The third-order valence-electron chi connectivity index (χ3n) is 5.10. The average Bonchev–Trinajstić information content (AvgIpc) is 3.17. The van der Waals surface area contributed by atoms with E-state index >= 15 is 0 Å². The number of hydrogen-bond donors (Lipinski definition) is 1. The van der Waals surface area contributed by atoms with Gasteiger partial charge in [0.05, 0.1) is 24.1 Å². The molecule has 176 valence electrons. The number of benzene rings is 3. The highest BCUT2D eigenvalue weighted by molar-refractivity contribution is 7.92. The molecule has 0 unspecified atom stereocenters. The predicted molar refractivity (Wildman–Crippen MR) is 122 cm³/mol. The number of halogens is 3. The van der Waals surface area contributed by atoms with Crippen LogP contribution < -0.4 is 9.46 Å². The van der Waals surface area contributed by atoms with Crippen LogP contribution in [0.2, 0.25) is 0 Å². The summed E-state index contributed by atoms with van der Waals surface area (Å²) >= 11 is 0. The normalized spacial score (nSPS) is 11.6. The van der Waals surface area contributed by atoms with Crippen molar-refractivity contribution >= 4 is 15.8 Å². The van der Waals surface area contributed by atoms with E-state index in [0.717, 1.165) is 10.7 Å². The van der Waals surface area contributed by atoms with Crippen LogP contribution in [0.25, 0.3) is 11.1 Å².